The van der Waals surface area contributed by atoms with Crippen molar-refractivity contribution < 1.29 is 4.42 Å². The highest BCUT2D eigenvalue weighted by molar-refractivity contribution is 6.30. The first-order valence-corrected chi connectivity index (χ1v) is 8.75. The molecule has 0 aliphatic rings. The lowest BCUT2D eigenvalue weighted by atomic mass is 9.94. The zero-order valence-electron chi connectivity index (χ0n) is 14.0. The zero-order valence-corrected chi connectivity index (χ0v) is 14.0. The van der Waals surface area contributed by atoms with Crippen molar-refractivity contribution in [3.8, 4) is 0 Å². The molecule has 0 radical (unpaired) electrons. The van der Waals surface area contributed by atoms with Crippen molar-refractivity contribution in [2.45, 2.75) is 0 Å². The number of fused-ring (bicyclic) bond motifs is 9. The number of hydrogen-bond acceptors (Lipinski definition) is 2. The van der Waals surface area contributed by atoms with E-state index >= 15 is 0 Å². The van der Waals surface area contributed by atoms with E-state index in [-0.39, 0.29) is 0 Å². The lowest BCUT2D eigenvalue weighted by molar-refractivity contribution is 0.673. The number of rotatable bonds is 0. The summed E-state index contributed by atoms with van der Waals surface area (Å²) in [6, 6.07) is 27.3. The van der Waals surface area contributed by atoms with Crippen molar-refractivity contribution in [3.05, 3.63) is 78.9 Å². The second kappa shape index (κ2) is 4.77. The van der Waals surface area contributed by atoms with Gasteiger partial charge in [0.15, 0.2) is 0 Å². The molecule has 0 spiro atoms. The highest BCUT2D eigenvalue weighted by atomic mass is 16.3. The van der Waals surface area contributed by atoms with Crippen LogP contribution in [-0.4, -0.2) is 0 Å². The average molecular weight is 333 g/mol. The molecule has 26 heavy (non-hydrogen) atoms. The van der Waals surface area contributed by atoms with Crippen LogP contribution in [0.5, 0.6) is 0 Å². The molecule has 0 bridgehead atoms. The SMILES string of the molecule is Nc1cc2ccc3ccccc3c2c2c1ccc1c3ccccc3oc12. The van der Waals surface area contributed by atoms with Crippen LogP contribution >= 0.6 is 0 Å². The van der Waals surface area contributed by atoms with Gasteiger partial charge in [-0.3, -0.25) is 0 Å². The van der Waals surface area contributed by atoms with Crippen LogP contribution in [0.3, 0.4) is 0 Å². The molecular weight excluding hydrogens is 318 g/mol. The van der Waals surface area contributed by atoms with Crippen LogP contribution in [-0.2, 0) is 0 Å². The van der Waals surface area contributed by atoms with E-state index in [2.05, 4.69) is 60.7 Å². The Morgan fingerprint density at radius 1 is 0.577 bits per heavy atom. The second-order valence-corrected chi connectivity index (χ2v) is 6.81. The summed E-state index contributed by atoms with van der Waals surface area (Å²) in [6.45, 7) is 0. The van der Waals surface area contributed by atoms with Gasteiger partial charge in [-0.2, -0.15) is 0 Å². The fraction of sp³-hybridized carbons (Fsp3) is 0. The van der Waals surface area contributed by atoms with Crippen LogP contribution in [0.4, 0.5) is 5.69 Å². The molecular formula is C24H15NO. The maximum Gasteiger partial charge on any atom is 0.143 e. The Balaban J connectivity index is 2.01. The summed E-state index contributed by atoms with van der Waals surface area (Å²) in [4.78, 5) is 0. The molecule has 5 aromatic carbocycles. The van der Waals surface area contributed by atoms with E-state index in [9.17, 15) is 0 Å². The lowest BCUT2D eigenvalue weighted by Crippen LogP contribution is -1.90. The van der Waals surface area contributed by atoms with Crippen LogP contribution in [0, 0.1) is 0 Å². The van der Waals surface area contributed by atoms with Gasteiger partial charge in [0.2, 0.25) is 0 Å². The molecule has 2 heteroatoms. The summed E-state index contributed by atoms with van der Waals surface area (Å²) in [5.74, 6) is 0. The maximum absolute atomic E-state index is 6.41. The van der Waals surface area contributed by atoms with Crippen molar-refractivity contribution in [1.29, 1.82) is 0 Å². The van der Waals surface area contributed by atoms with Crippen LogP contribution in [0.2, 0.25) is 0 Å². The van der Waals surface area contributed by atoms with E-state index in [0.29, 0.717) is 0 Å². The van der Waals surface area contributed by atoms with Gasteiger partial charge in [-0.05, 0) is 34.4 Å². The summed E-state index contributed by atoms with van der Waals surface area (Å²) >= 11 is 0. The summed E-state index contributed by atoms with van der Waals surface area (Å²) in [6.07, 6.45) is 0. The molecule has 0 amide bonds. The number of para-hydroxylation sites is 1. The molecule has 0 aliphatic heterocycles. The second-order valence-electron chi connectivity index (χ2n) is 6.81. The topological polar surface area (TPSA) is 39.2 Å². The smallest absolute Gasteiger partial charge is 0.143 e. The van der Waals surface area contributed by atoms with Gasteiger partial charge in [-0.15, -0.1) is 0 Å². The number of furan rings is 1. The Morgan fingerprint density at radius 3 is 2.23 bits per heavy atom. The van der Waals surface area contributed by atoms with E-state index in [1.807, 2.05) is 18.2 Å². The average Bonchev–Trinajstić information content (AvgIpc) is 3.06. The molecule has 0 atom stereocenters. The van der Waals surface area contributed by atoms with Gasteiger partial charge >= 0.3 is 0 Å². The molecule has 0 fully saturated rings. The zero-order chi connectivity index (χ0) is 17.3. The van der Waals surface area contributed by atoms with E-state index in [4.69, 9.17) is 10.2 Å². The molecule has 0 saturated heterocycles. The first-order valence-electron chi connectivity index (χ1n) is 8.75. The minimum atomic E-state index is 0.783. The van der Waals surface area contributed by atoms with Crippen molar-refractivity contribution in [3.63, 3.8) is 0 Å². The minimum Gasteiger partial charge on any atom is -0.455 e. The van der Waals surface area contributed by atoms with Crippen molar-refractivity contribution in [2.24, 2.45) is 0 Å². The molecule has 2 nitrogen and oxygen atoms in total. The Kier molecular flexibility index (Phi) is 2.52. The van der Waals surface area contributed by atoms with Crippen molar-refractivity contribution >= 4 is 59.9 Å². The number of benzene rings is 5. The molecule has 6 aromatic rings. The van der Waals surface area contributed by atoms with Gasteiger partial charge in [0.1, 0.15) is 11.2 Å². The van der Waals surface area contributed by atoms with Gasteiger partial charge in [0.05, 0.1) is 0 Å². The third-order valence-corrected chi connectivity index (χ3v) is 5.38. The standard InChI is InChI=1S/C24H15NO/c25-20-13-15-10-9-14-5-1-2-6-16(14)22(15)23-19(20)12-11-18-17-7-3-4-8-21(17)26-24(18)23/h1-13H,25H2. The van der Waals surface area contributed by atoms with Gasteiger partial charge in [-0.1, -0.05) is 60.7 Å². The quantitative estimate of drug-likeness (QED) is 0.250. The molecule has 2 N–H and O–H groups in total. The number of hydrogen-bond donors (Lipinski definition) is 1. The normalized spacial score (nSPS) is 12.0. The first-order chi connectivity index (χ1) is 12.8. The summed E-state index contributed by atoms with van der Waals surface area (Å²) < 4.78 is 6.32. The number of nitrogens with two attached hydrogens (primary N) is 1. The molecule has 0 saturated carbocycles. The van der Waals surface area contributed by atoms with E-state index < -0.39 is 0 Å². The van der Waals surface area contributed by atoms with E-state index in [0.717, 1.165) is 43.8 Å². The van der Waals surface area contributed by atoms with Crippen molar-refractivity contribution in [2.75, 3.05) is 5.73 Å². The van der Waals surface area contributed by atoms with Gasteiger partial charge in [-0.25, -0.2) is 0 Å². The van der Waals surface area contributed by atoms with Gasteiger partial charge in [0, 0.05) is 32.6 Å². The van der Waals surface area contributed by atoms with E-state index in [1.165, 1.54) is 16.2 Å². The lowest BCUT2D eigenvalue weighted by Gasteiger charge is -2.11. The fourth-order valence-corrected chi connectivity index (χ4v) is 4.21. The van der Waals surface area contributed by atoms with Crippen LogP contribution in [0.25, 0.3) is 54.3 Å². The fourth-order valence-electron chi connectivity index (χ4n) is 4.21. The Morgan fingerprint density at radius 2 is 1.31 bits per heavy atom. The highest BCUT2D eigenvalue weighted by Crippen LogP contribution is 2.41. The Labute approximate surface area is 149 Å². The van der Waals surface area contributed by atoms with E-state index in [1.54, 1.807) is 0 Å². The monoisotopic (exact) mass is 333 g/mol. The summed E-state index contributed by atoms with van der Waals surface area (Å²) in [5, 5.41) is 9.21. The molecule has 1 aromatic heterocycles. The molecule has 1 heterocycles. The summed E-state index contributed by atoms with van der Waals surface area (Å²) in [5.41, 5.74) is 9.01. The predicted molar refractivity (Wildman–Crippen MR) is 111 cm³/mol. The highest BCUT2D eigenvalue weighted by Gasteiger charge is 2.15. The maximum atomic E-state index is 6.41. The number of nitrogen functional groups attached to an aromatic ring is 1. The summed E-state index contributed by atoms with van der Waals surface area (Å²) in [7, 11) is 0. The number of anilines is 1. The molecule has 122 valence electrons. The predicted octanol–water partition coefficient (Wildman–Crippen LogP) is 6.63. The minimum absolute atomic E-state index is 0.783. The first kappa shape index (κ1) is 13.7. The molecule has 0 aliphatic carbocycles. The van der Waals surface area contributed by atoms with Gasteiger partial charge < -0.3 is 10.2 Å². The van der Waals surface area contributed by atoms with Gasteiger partial charge in [0.25, 0.3) is 0 Å². The van der Waals surface area contributed by atoms with Crippen molar-refractivity contribution in [1.82, 2.24) is 0 Å². The van der Waals surface area contributed by atoms with Crippen LogP contribution < -0.4 is 5.73 Å². The third kappa shape index (κ3) is 1.66. The van der Waals surface area contributed by atoms with Crippen LogP contribution in [0.1, 0.15) is 0 Å². The Bertz CT molecular complexity index is 1490. The van der Waals surface area contributed by atoms with Crippen LogP contribution in [0.15, 0.2) is 83.3 Å². The largest absolute Gasteiger partial charge is 0.455 e. The molecule has 6 rings (SSSR count). The Hall–Kier alpha value is -3.52. The molecule has 0 unspecified atom stereocenters. The third-order valence-electron chi connectivity index (χ3n) is 5.38.